The zero-order valence-electron chi connectivity index (χ0n) is 11.1. The molecule has 7 heteroatoms. The molecule has 112 valence electrons. The summed E-state index contributed by atoms with van der Waals surface area (Å²) in [5, 5.41) is 9.08. The highest BCUT2D eigenvalue weighted by molar-refractivity contribution is 9.10. The molecule has 1 aromatic carbocycles. The molecule has 0 spiro atoms. The molecule has 0 aliphatic heterocycles. The van der Waals surface area contributed by atoms with Crippen LogP contribution in [0.3, 0.4) is 0 Å². The first-order chi connectivity index (χ1) is 9.62. The molecule has 2 rings (SSSR count). The van der Waals surface area contributed by atoms with Gasteiger partial charge in [-0.15, -0.1) is 0 Å². The van der Waals surface area contributed by atoms with E-state index in [4.69, 9.17) is 5.11 Å². The Kier molecular flexibility index (Phi) is 3.88. The second-order valence-corrected chi connectivity index (χ2v) is 5.44. The first-order valence-electron chi connectivity index (χ1n) is 5.92. The summed E-state index contributed by atoms with van der Waals surface area (Å²) in [7, 11) is 0. The molecule has 0 saturated heterocycles. The SMILES string of the molecule is Cc1cc(C(=O)O)c(C)n1-c1ccc(Br)c(C(F)(F)F)c1. The molecule has 1 aromatic heterocycles. The van der Waals surface area contributed by atoms with Crippen LogP contribution in [0.15, 0.2) is 28.7 Å². The fourth-order valence-electron chi connectivity index (χ4n) is 2.25. The Morgan fingerprint density at radius 2 is 1.86 bits per heavy atom. The molecule has 0 aliphatic rings. The number of carboxylic acids is 1. The van der Waals surface area contributed by atoms with Gasteiger partial charge in [0.25, 0.3) is 0 Å². The maximum Gasteiger partial charge on any atom is 0.417 e. The summed E-state index contributed by atoms with van der Waals surface area (Å²) in [5.41, 5.74) is 0.483. The third-order valence-corrected chi connectivity index (χ3v) is 3.87. The first kappa shape index (κ1) is 15.6. The Labute approximate surface area is 127 Å². The van der Waals surface area contributed by atoms with E-state index in [0.29, 0.717) is 11.4 Å². The minimum Gasteiger partial charge on any atom is -0.478 e. The number of nitrogens with zero attached hydrogens (tertiary/aromatic N) is 1. The number of hydrogen-bond donors (Lipinski definition) is 1. The predicted octanol–water partition coefficient (Wildman–Crippen LogP) is 4.57. The van der Waals surface area contributed by atoms with Crippen molar-refractivity contribution < 1.29 is 23.1 Å². The normalized spacial score (nSPS) is 11.7. The van der Waals surface area contributed by atoms with Gasteiger partial charge in [0, 0.05) is 21.5 Å². The van der Waals surface area contributed by atoms with E-state index in [9.17, 15) is 18.0 Å². The number of carboxylic acid groups (broad SMARTS) is 1. The zero-order valence-corrected chi connectivity index (χ0v) is 12.7. The molecule has 21 heavy (non-hydrogen) atoms. The lowest BCUT2D eigenvalue weighted by molar-refractivity contribution is -0.138. The van der Waals surface area contributed by atoms with Gasteiger partial charge >= 0.3 is 12.1 Å². The van der Waals surface area contributed by atoms with Crippen LogP contribution in [0.5, 0.6) is 0 Å². The van der Waals surface area contributed by atoms with Gasteiger partial charge in [0.1, 0.15) is 0 Å². The van der Waals surface area contributed by atoms with Crippen LogP contribution in [0.2, 0.25) is 0 Å². The lowest BCUT2D eigenvalue weighted by Gasteiger charge is -2.14. The summed E-state index contributed by atoms with van der Waals surface area (Å²) >= 11 is 2.88. The van der Waals surface area contributed by atoms with E-state index in [0.717, 1.165) is 6.07 Å². The van der Waals surface area contributed by atoms with Gasteiger partial charge in [-0.3, -0.25) is 0 Å². The molecule has 0 unspecified atom stereocenters. The van der Waals surface area contributed by atoms with Crippen LogP contribution in [0.1, 0.15) is 27.3 Å². The van der Waals surface area contributed by atoms with Crippen LogP contribution in [-0.4, -0.2) is 15.6 Å². The second kappa shape index (κ2) is 5.22. The fourth-order valence-corrected chi connectivity index (χ4v) is 2.72. The van der Waals surface area contributed by atoms with Crippen LogP contribution in [0.25, 0.3) is 5.69 Å². The van der Waals surface area contributed by atoms with Crippen molar-refractivity contribution >= 4 is 21.9 Å². The second-order valence-electron chi connectivity index (χ2n) is 4.59. The van der Waals surface area contributed by atoms with E-state index >= 15 is 0 Å². The van der Waals surface area contributed by atoms with E-state index < -0.39 is 17.7 Å². The van der Waals surface area contributed by atoms with Crippen LogP contribution in [0.4, 0.5) is 13.2 Å². The van der Waals surface area contributed by atoms with Gasteiger partial charge in [0.05, 0.1) is 11.1 Å². The van der Waals surface area contributed by atoms with Crippen molar-refractivity contribution in [1.29, 1.82) is 0 Å². The fraction of sp³-hybridized carbons (Fsp3) is 0.214. The number of aryl methyl sites for hydroxylation is 1. The van der Waals surface area contributed by atoms with Crippen molar-refractivity contribution in [2.45, 2.75) is 20.0 Å². The lowest BCUT2D eigenvalue weighted by Crippen LogP contribution is -2.09. The Hall–Kier alpha value is -1.76. The highest BCUT2D eigenvalue weighted by Crippen LogP contribution is 2.36. The summed E-state index contributed by atoms with van der Waals surface area (Å²) in [5.74, 6) is -1.11. The molecule has 0 radical (unpaired) electrons. The minimum absolute atomic E-state index is 0.0559. The number of aromatic nitrogens is 1. The number of halogens is 4. The van der Waals surface area contributed by atoms with Crippen molar-refractivity contribution in [2.75, 3.05) is 0 Å². The summed E-state index contributed by atoms with van der Waals surface area (Å²) in [4.78, 5) is 11.1. The number of benzene rings is 1. The number of rotatable bonds is 2. The molecule has 0 amide bonds. The van der Waals surface area contributed by atoms with E-state index in [1.807, 2.05) is 0 Å². The molecular formula is C14H11BrF3NO2. The molecule has 3 nitrogen and oxygen atoms in total. The largest absolute Gasteiger partial charge is 0.478 e. The van der Waals surface area contributed by atoms with Crippen molar-refractivity contribution in [1.82, 2.24) is 4.57 Å². The van der Waals surface area contributed by atoms with Gasteiger partial charge in [-0.25, -0.2) is 4.79 Å². The number of alkyl halides is 3. The molecule has 0 aliphatic carbocycles. The molecule has 1 heterocycles. The third-order valence-electron chi connectivity index (χ3n) is 3.18. The van der Waals surface area contributed by atoms with Gasteiger partial charge in [-0.2, -0.15) is 13.2 Å². The Bertz CT molecular complexity index is 720. The summed E-state index contributed by atoms with van der Waals surface area (Å²) < 4.78 is 40.3. The number of carbonyl (C=O) groups is 1. The van der Waals surface area contributed by atoms with Crippen LogP contribution in [0, 0.1) is 13.8 Å². The van der Waals surface area contributed by atoms with Gasteiger partial charge in [0.2, 0.25) is 0 Å². The van der Waals surface area contributed by atoms with Crippen LogP contribution < -0.4 is 0 Å². The highest BCUT2D eigenvalue weighted by Gasteiger charge is 2.33. The summed E-state index contributed by atoms with van der Waals surface area (Å²) in [6, 6.07) is 5.24. The number of aromatic carboxylic acids is 1. The maximum atomic E-state index is 12.9. The quantitative estimate of drug-likeness (QED) is 0.850. The molecular weight excluding hydrogens is 351 g/mol. The minimum atomic E-state index is -4.49. The number of hydrogen-bond acceptors (Lipinski definition) is 1. The van der Waals surface area contributed by atoms with Crippen molar-refractivity contribution in [2.24, 2.45) is 0 Å². The van der Waals surface area contributed by atoms with Crippen LogP contribution >= 0.6 is 15.9 Å². The van der Waals surface area contributed by atoms with Gasteiger partial charge in [-0.1, -0.05) is 15.9 Å². The molecule has 0 atom stereocenters. The Morgan fingerprint density at radius 3 is 2.33 bits per heavy atom. The van der Waals surface area contributed by atoms with Gasteiger partial charge in [-0.05, 0) is 38.1 Å². The first-order valence-corrected chi connectivity index (χ1v) is 6.71. The van der Waals surface area contributed by atoms with Crippen molar-refractivity contribution in [3.8, 4) is 5.69 Å². The third kappa shape index (κ3) is 2.83. The summed E-state index contributed by atoms with van der Waals surface area (Å²) in [6.07, 6.45) is -4.49. The van der Waals surface area contributed by atoms with Gasteiger partial charge in [0.15, 0.2) is 0 Å². The monoisotopic (exact) mass is 361 g/mol. The molecule has 0 fully saturated rings. The van der Waals surface area contributed by atoms with E-state index in [1.54, 1.807) is 13.8 Å². The average Bonchev–Trinajstić information content (AvgIpc) is 2.65. The Morgan fingerprint density at radius 1 is 1.24 bits per heavy atom. The Balaban J connectivity index is 2.66. The van der Waals surface area contributed by atoms with E-state index in [1.165, 1.54) is 22.8 Å². The zero-order chi connectivity index (χ0) is 15.9. The maximum absolute atomic E-state index is 12.9. The molecule has 0 saturated carbocycles. The molecule has 2 aromatic rings. The van der Waals surface area contributed by atoms with Crippen molar-refractivity contribution in [3.63, 3.8) is 0 Å². The lowest BCUT2D eigenvalue weighted by atomic mass is 10.2. The topological polar surface area (TPSA) is 42.2 Å². The summed E-state index contributed by atoms with van der Waals surface area (Å²) in [6.45, 7) is 3.21. The highest BCUT2D eigenvalue weighted by atomic mass is 79.9. The van der Waals surface area contributed by atoms with Gasteiger partial charge < -0.3 is 9.67 Å². The molecule has 1 N–H and O–H groups in total. The van der Waals surface area contributed by atoms with E-state index in [-0.39, 0.29) is 15.7 Å². The average molecular weight is 362 g/mol. The van der Waals surface area contributed by atoms with Crippen molar-refractivity contribution in [3.05, 3.63) is 51.3 Å². The smallest absolute Gasteiger partial charge is 0.417 e. The van der Waals surface area contributed by atoms with Crippen LogP contribution in [-0.2, 0) is 6.18 Å². The predicted molar refractivity (Wildman–Crippen MR) is 74.9 cm³/mol. The standard InChI is InChI=1S/C14H11BrF3NO2/c1-7-5-10(13(20)21)8(2)19(7)9-3-4-12(15)11(6-9)14(16,17)18/h3-6H,1-2H3,(H,20,21). The molecule has 0 bridgehead atoms. The van der Waals surface area contributed by atoms with E-state index in [2.05, 4.69) is 15.9 Å².